The van der Waals surface area contributed by atoms with Gasteiger partial charge >= 0.3 is 25.8 Å². The zero-order chi connectivity index (χ0) is 20.4. The first-order valence-corrected chi connectivity index (χ1v) is 17.1. The molecule has 0 N–H and O–H groups in total. The molecular weight excluding hydrogens is 622 g/mol. The molecule has 2 fully saturated rings. The summed E-state index contributed by atoms with van der Waals surface area (Å²) < 4.78 is 5.48. The number of hydrogen-bond donors (Lipinski definition) is 0. The van der Waals surface area contributed by atoms with Gasteiger partial charge in [-0.2, -0.15) is 24.3 Å². The number of rotatable bonds is 4. The van der Waals surface area contributed by atoms with Gasteiger partial charge in [0.15, 0.2) is 0 Å². The predicted molar refractivity (Wildman–Crippen MR) is 129 cm³/mol. The molecule has 0 spiro atoms. The van der Waals surface area contributed by atoms with Crippen molar-refractivity contribution in [1.29, 1.82) is 0 Å². The molecule has 172 valence electrons. The Kier molecular flexibility index (Phi) is 13.6. The molecule has 0 unspecified atom stereocenters. The van der Waals surface area contributed by atoms with Gasteiger partial charge in [0.05, 0.1) is 16.5 Å². The normalized spacial score (nSPS) is 17.2. The first-order valence-electron chi connectivity index (χ1n) is 11.2. The standard InChI is InChI=1S/2C12H20NSi.2ClH.Hf/c2*1-11-6-7-12(10-11)14(2,3)13-8-4-5-9-13;;;/h2*6-7,10H,4-5,8-9H2,1-3H3;2*1H;/q2*-1;;;+4/p-2. The molecule has 0 saturated carbocycles. The van der Waals surface area contributed by atoms with Crippen molar-refractivity contribution >= 4 is 26.8 Å². The largest absolute Gasteiger partial charge is 4.00 e. The second-order valence-corrected chi connectivity index (χ2v) is 18.5. The minimum atomic E-state index is -1.29. The van der Waals surface area contributed by atoms with E-state index in [9.17, 15) is 0 Å². The molecule has 2 aromatic rings. The SMILES string of the molecule is Cc1cc[c-]([Si](C)(C)N2CCCC2)c1.Cc1cc[c-]([Si](C)(C)N2CCCC2)c1.[Cl-].[Cl-].[Hf+4]. The Labute approximate surface area is 224 Å². The van der Waals surface area contributed by atoms with Crippen LogP contribution in [0.1, 0.15) is 36.8 Å². The van der Waals surface area contributed by atoms with E-state index >= 15 is 0 Å². The monoisotopic (exact) mass is 662 g/mol. The van der Waals surface area contributed by atoms with Gasteiger partial charge in [-0.25, -0.2) is 23.3 Å². The maximum Gasteiger partial charge on any atom is 4.00 e. The summed E-state index contributed by atoms with van der Waals surface area (Å²) in [7, 11) is -2.58. The molecule has 2 heterocycles. The van der Waals surface area contributed by atoms with Gasteiger partial charge in [0.2, 0.25) is 0 Å². The van der Waals surface area contributed by atoms with Crippen LogP contribution >= 0.6 is 0 Å². The molecule has 0 aliphatic carbocycles. The van der Waals surface area contributed by atoms with Crippen molar-refractivity contribution in [2.45, 2.75) is 65.7 Å². The summed E-state index contributed by atoms with van der Waals surface area (Å²) >= 11 is 0. The van der Waals surface area contributed by atoms with Gasteiger partial charge in [-0.15, -0.1) is 10.4 Å². The van der Waals surface area contributed by atoms with Crippen molar-refractivity contribution in [2.75, 3.05) is 26.2 Å². The van der Waals surface area contributed by atoms with E-state index in [2.05, 4.69) is 85.6 Å². The summed E-state index contributed by atoms with van der Waals surface area (Å²) in [6, 6.07) is 13.9. The summed E-state index contributed by atoms with van der Waals surface area (Å²) in [5.41, 5.74) is 2.83. The maximum absolute atomic E-state index is 2.74. The van der Waals surface area contributed by atoms with Gasteiger partial charge in [-0.05, 0) is 51.9 Å². The summed E-state index contributed by atoms with van der Waals surface area (Å²) in [5.74, 6) is 0. The number of aryl methyl sites for hydroxylation is 2. The zero-order valence-corrected chi connectivity index (χ0v) is 27.4. The first-order chi connectivity index (χ1) is 13.2. The fourth-order valence-corrected chi connectivity index (χ4v) is 10.5. The Morgan fingerprint density at radius 2 is 0.935 bits per heavy atom. The van der Waals surface area contributed by atoms with Gasteiger partial charge in [0, 0.05) is 0 Å². The maximum atomic E-state index is 2.74. The van der Waals surface area contributed by atoms with E-state index in [1.165, 1.54) is 63.0 Å². The Bertz CT molecular complexity index is 697. The van der Waals surface area contributed by atoms with Crippen LogP contribution in [0.15, 0.2) is 36.4 Å². The average Bonchev–Trinajstić information content (AvgIpc) is 3.42. The Morgan fingerprint density at radius 1 is 0.645 bits per heavy atom. The van der Waals surface area contributed by atoms with Gasteiger partial charge in [0.25, 0.3) is 0 Å². The molecule has 0 amide bonds. The van der Waals surface area contributed by atoms with E-state index in [1.807, 2.05) is 0 Å². The summed E-state index contributed by atoms with van der Waals surface area (Å²) in [5, 5.41) is 3.22. The van der Waals surface area contributed by atoms with Crippen LogP contribution in [0.2, 0.25) is 26.2 Å². The molecule has 31 heavy (non-hydrogen) atoms. The van der Waals surface area contributed by atoms with Crippen LogP contribution in [-0.2, 0) is 25.8 Å². The van der Waals surface area contributed by atoms with Gasteiger partial charge in [-0.3, -0.25) is 0 Å². The number of halogens is 2. The minimum absolute atomic E-state index is 0. The van der Waals surface area contributed by atoms with Crippen molar-refractivity contribution in [3.63, 3.8) is 0 Å². The predicted octanol–water partition coefficient (Wildman–Crippen LogP) is -1.55. The molecule has 4 rings (SSSR count). The number of hydrogen-bond acceptors (Lipinski definition) is 2. The third-order valence-corrected chi connectivity index (χ3v) is 14.5. The summed E-state index contributed by atoms with van der Waals surface area (Å²) in [4.78, 5) is 0. The van der Waals surface area contributed by atoms with Gasteiger partial charge < -0.3 is 33.9 Å². The van der Waals surface area contributed by atoms with Crippen LogP contribution in [0.5, 0.6) is 0 Å². The van der Waals surface area contributed by atoms with Crippen LogP contribution in [-0.4, -0.2) is 51.8 Å². The zero-order valence-electron chi connectivity index (χ0n) is 20.3. The van der Waals surface area contributed by atoms with Crippen molar-refractivity contribution in [3.8, 4) is 0 Å². The van der Waals surface area contributed by atoms with Gasteiger partial charge in [-0.1, -0.05) is 40.0 Å². The summed E-state index contributed by atoms with van der Waals surface area (Å²) in [6.07, 6.45) is 5.60. The Morgan fingerprint density at radius 3 is 1.16 bits per heavy atom. The van der Waals surface area contributed by atoms with E-state index in [4.69, 9.17) is 0 Å². The fourth-order valence-electron chi connectivity index (χ4n) is 4.80. The molecule has 2 aliphatic rings. The molecule has 2 saturated heterocycles. The summed E-state index contributed by atoms with van der Waals surface area (Å²) in [6.45, 7) is 19.6. The molecular formula is C24H40Cl2HfN2Si2. The second kappa shape index (κ2) is 13.4. The molecule has 0 atom stereocenters. The van der Waals surface area contributed by atoms with E-state index in [0.29, 0.717) is 0 Å². The van der Waals surface area contributed by atoms with Gasteiger partial charge in [0.1, 0.15) is 0 Å². The van der Waals surface area contributed by atoms with E-state index in [1.54, 1.807) is 10.4 Å². The first kappa shape index (κ1) is 31.5. The minimum Gasteiger partial charge on any atom is -1.00 e. The molecule has 2 aliphatic heterocycles. The van der Waals surface area contributed by atoms with E-state index in [0.717, 1.165) is 0 Å². The smallest absolute Gasteiger partial charge is 1.00 e. The molecule has 2 nitrogen and oxygen atoms in total. The van der Waals surface area contributed by atoms with Crippen molar-refractivity contribution in [1.82, 2.24) is 9.13 Å². The van der Waals surface area contributed by atoms with Crippen LogP contribution in [0.4, 0.5) is 0 Å². The second-order valence-electron chi connectivity index (χ2n) is 9.86. The quantitative estimate of drug-likeness (QED) is 0.290. The van der Waals surface area contributed by atoms with Crippen molar-refractivity contribution in [3.05, 3.63) is 47.5 Å². The van der Waals surface area contributed by atoms with Crippen LogP contribution in [0.25, 0.3) is 0 Å². The van der Waals surface area contributed by atoms with Crippen LogP contribution < -0.4 is 35.2 Å². The molecule has 2 aromatic carbocycles. The Hall–Kier alpha value is 0.504. The van der Waals surface area contributed by atoms with E-state index < -0.39 is 16.5 Å². The molecule has 0 aromatic heterocycles. The third-order valence-electron chi connectivity index (χ3n) is 7.02. The third kappa shape index (κ3) is 7.76. The van der Waals surface area contributed by atoms with E-state index in [-0.39, 0.29) is 50.7 Å². The average molecular weight is 662 g/mol. The topological polar surface area (TPSA) is 6.48 Å². The van der Waals surface area contributed by atoms with Crippen molar-refractivity contribution in [2.24, 2.45) is 0 Å². The number of nitrogens with zero attached hydrogens (tertiary/aromatic N) is 2. The fraction of sp³-hybridized carbons (Fsp3) is 0.583. The Balaban J connectivity index is 0.000000529. The molecule has 0 radical (unpaired) electrons. The molecule has 0 bridgehead atoms. The van der Waals surface area contributed by atoms with Crippen LogP contribution in [0.3, 0.4) is 0 Å². The van der Waals surface area contributed by atoms with Crippen molar-refractivity contribution < 1.29 is 50.7 Å². The molecule has 7 heteroatoms. The van der Waals surface area contributed by atoms with Crippen LogP contribution in [0, 0.1) is 13.8 Å².